The van der Waals surface area contributed by atoms with Gasteiger partial charge in [0.2, 0.25) is 0 Å². The molecular formula is C49H31N3O. The average molecular weight is 678 g/mol. The summed E-state index contributed by atoms with van der Waals surface area (Å²) in [5.74, 6) is 1.94. The fourth-order valence-electron chi connectivity index (χ4n) is 8.19. The summed E-state index contributed by atoms with van der Waals surface area (Å²) >= 11 is 0. The molecule has 0 saturated carbocycles. The van der Waals surface area contributed by atoms with Crippen molar-refractivity contribution in [3.8, 4) is 45.3 Å². The van der Waals surface area contributed by atoms with E-state index in [1.165, 1.54) is 27.3 Å². The Kier molecular flexibility index (Phi) is 6.65. The number of para-hydroxylation sites is 1. The smallest absolute Gasteiger partial charge is 0.164 e. The zero-order valence-corrected chi connectivity index (χ0v) is 28.8. The van der Waals surface area contributed by atoms with Gasteiger partial charge in [-0.1, -0.05) is 133 Å². The normalized spacial score (nSPS) is 12.7. The predicted octanol–water partition coefficient (Wildman–Crippen LogP) is 12.9. The zero-order chi connectivity index (χ0) is 34.9. The number of rotatable bonds is 4. The largest absolute Gasteiger partial charge is 0.456 e. The monoisotopic (exact) mass is 677 g/mol. The summed E-state index contributed by atoms with van der Waals surface area (Å²) in [5.41, 5.74) is 9.60. The van der Waals surface area contributed by atoms with Crippen LogP contribution in [0.2, 0.25) is 0 Å². The Hall–Kier alpha value is -6.91. The molecule has 4 heteroatoms. The first kappa shape index (κ1) is 29.8. The van der Waals surface area contributed by atoms with Crippen LogP contribution in [0.5, 0.6) is 0 Å². The lowest BCUT2D eigenvalue weighted by Crippen LogP contribution is -2.01. The van der Waals surface area contributed by atoms with Crippen LogP contribution in [0.1, 0.15) is 17.5 Å². The van der Waals surface area contributed by atoms with Crippen LogP contribution >= 0.6 is 0 Å². The van der Waals surface area contributed by atoms with Gasteiger partial charge in [-0.15, -0.1) is 0 Å². The highest BCUT2D eigenvalue weighted by Gasteiger charge is 2.19. The van der Waals surface area contributed by atoms with Gasteiger partial charge in [-0.2, -0.15) is 0 Å². The molecule has 2 aromatic heterocycles. The first-order valence-corrected chi connectivity index (χ1v) is 18.2. The summed E-state index contributed by atoms with van der Waals surface area (Å²) in [4.78, 5) is 15.7. The number of benzene rings is 8. The van der Waals surface area contributed by atoms with Gasteiger partial charge in [0.25, 0.3) is 0 Å². The Bertz CT molecular complexity index is 3130. The second-order valence-electron chi connectivity index (χ2n) is 13.9. The average Bonchev–Trinajstić information content (AvgIpc) is 3.62. The van der Waals surface area contributed by atoms with Crippen LogP contribution in [0.4, 0.5) is 0 Å². The fourth-order valence-corrected chi connectivity index (χ4v) is 8.19. The van der Waals surface area contributed by atoms with Crippen molar-refractivity contribution < 1.29 is 4.42 Å². The highest BCUT2D eigenvalue weighted by atomic mass is 16.3. The second kappa shape index (κ2) is 11.8. The van der Waals surface area contributed by atoms with E-state index >= 15 is 0 Å². The molecule has 4 nitrogen and oxygen atoms in total. The fraction of sp³-hybridized carbons (Fsp3) is 0.0408. The SMILES string of the molecule is C1=Cc2c(ccc3ccc(-c4nc(-c5ccc6ccccc6c5)nc(-c5ccc(-c6cccc7oc8ccccc8c67)c6ccccc56)n4)cc23)CC1. The molecule has 8 aromatic carbocycles. The van der Waals surface area contributed by atoms with Gasteiger partial charge in [0.15, 0.2) is 17.5 Å². The maximum Gasteiger partial charge on any atom is 0.164 e. The Morgan fingerprint density at radius 1 is 0.434 bits per heavy atom. The molecule has 0 unspecified atom stereocenters. The summed E-state index contributed by atoms with van der Waals surface area (Å²) in [6, 6.07) is 53.5. The van der Waals surface area contributed by atoms with Gasteiger partial charge in [-0.05, 0) is 97.7 Å². The predicted molar refractivity (Wildman–Crippen MR) is 219 cm³/mol. The molecule has 10 aromatic rings. The third kappa shape index (κ3) is 4.87. The molecule has 0 fully saturated rings. The molecule has 0 spiro atoms. The first-order chi connectivity index (χ1) is 26.2. The van der Waals surface area contributed by atoms with E-state index in [4.69, 9.17) is 19.4 Å². The van der Waals surface area contributed by atoms with Crippen LogP contribution in [0.15, 0.2) is 162 Å². The van der Waals surface area contributed by atoms with Crippen LogP contribution in [0.3, 0.4) is 0 Å². The molecule has 0 N–H and O–H groups in total. The zero-order valence-electron chi connectivity index (χ0n) is 28.8. The standard InChI is InChI=1S/C49H31N3O/c1-2-12-33-28-34(24-20-30(33)10-1)47-50-48(35-25-23-32-22-21-31-11-3-4-13-36(31)43(32)29-35)52-49(51-47)41-27-26-39(37-14-5-6-15-38(37)41)40-17-9-19-45-46(40)42-16-7-8-18-44(42)53-45/h1-2,4-10,12-29H,3,11H2. The molecule has 1 aliphatic rings. The van der Waals surface area contributed by atoms with Crippen LogP contribution in [0, 0.1) is 0 Å². The molecule has 248 valence electrons. The molecule has 2 heterocycles. The Balaban J connectivity index is 1.14. The third-order valence-corrected chi connectivity index (χ3v) is 10.8. The Labute approximate surface area is 305 Å². The summed E-state index contributed by atoms with van der Waals surface area (Å²) in [6.45, 7) is 0. The summed E-state index contributed by atoms with van der Waals surface area (Å²) in [7, 11) is 0. The van der Waals surface area contributed by atoms with E-state index in [1.807, 2.05) is 12.1 Å². The first-order valence-electron chi connectivity index (χ1n) is 18.2. The second-order valence-corrected chi connectivity index (χ2v) is 13.9. The Morgan fingerprint density at radius 2 is 1.09 bits per heavy atom. The van der Waals surface area contributed by atoms with Crippen LogP contribution in [-0.4, -0.2) is 15.0 Å². The van der Waals surface area contributed by atoms with Crippen LogP contribution < -0.4 is 0 Å². The van der Waals surface area contributed by atoms with Crippen molar-refractivity contribution in [1.82, 2.24) is 15.0 Å². The van der Waals surface area contributed by atoms with Crippen molar-refractivity contribution >= 4 is 60.3 Å². The van der Waals surface area contributed by atoms with Crippen LogP contribution in [-0.2, 0) is 6.42 Å². The van der Waals surface area contributed by atoms with Crippen molar-refractivity contribution in [2.24, 2.45) is 0 Å². The van der Waals surface area contributed by atoms with Crippen molar-refractivity contribution in [2.45, 2.75) is 12.8 Å². The van der Waals surface area contributed by atoms with Gasteiger partial charge in [-0.3, -0.25) is 0 Å². The van der Waals surface area contributed by atoms with E-state index in [2.05, 4.69) is 152 Å². The molecule has 0 saturated heterocycles. The summed E-state index contributed by atoms with van der Waals surface area (Å²) in [5, 5.41) is 9.20. The number of nitrogens with zero attached hydrogens (tertiary/aromatic N) is 3. The van der Waals surface area contributed by atoms with E-state index < -0.39 is 0 Å². The number of hydrogen-bond donors (Lipinski definition) is 0. The lowest BCUT2D eigenvalue weighted by Gasteiger charge is -2.15. The minimum atomic E-state index is 0.642. The van der Waals surface area contributed by atoms with E-state index in [0.29, 0.717) is 17.5 Å². The van der Waals surface area contributed by atoms with Gasteiger partial charge < -0.3 is 4.42 Å². The van der Waals surface area contributed by atoms with Crippen molar-refractivity contribution in [1.29, 1.82) is 0 Å². The third-order valence-electron chi connectivity index (χ3n) is 10.8. The summed E-state index contributed by atoms with van der Waals surface area (Å²) in [6.07, 6.45) is 6.68. The number of furan rings is 1. The Morgan fingerprint density at radius 3 is 1.96 bits per heavy atom. The number of aryl methyl sites for hydroxylation is 1. The highest BCUT2D eigenvalue weighted by Crippen LogP contribution is 2.42. The molecule has 0 radical (unpaired) electrons. The van der Waals surface area contributed by atoms with Gasteiger partial charge >= 0.3 is 0 Å². The number of aromatic nitrogens is 3. The van der Waals surface area contributed by atoms with Gasteiger partial charge in [0, 0.05) is 27.5 Å². The van der Waals surface area contributed by atoms with Gasteiger partial charge in [0.05, 0.1) is 0 Å². The molecular weight excluding hydrogens is 647 g/mol. The minimum absolute atomic E-state index is 0.642. The topological polar surface area (TPSA) is 51.8 Å². The number of hydrogen-bond acceptors (Lipinski definition) is 4. The van der Waals surface area contributed by atoms with E-state index in [-0.39, 0.29) is 0 Å². The molecule has 0 atom stereocenters. The molecule has 0 bridgehead atoms. The lowest BCUT2D eigenvalue weighted by molar-refractivity contribution is 0.669. The summed E-state index contributed by atoms with van der Waals surface area (Å²) < 4.78 is 6.28. The maximum atomic E-state index is 6.28. The number of fused-ring (bicyclic) bond motifs is 8. The minimum Gasteiger partial charge on any atom is -0.456 e. The quantitative estimate of drug-likeness (QED) is 0.186. The molecule has 0 aliphatic heterocycles. The maximum absolute atomic E-state index is 6.28. The molecule has 11 rings (SSSR count). The van der Waals surface area contributed by atoms with E-state index in [1.54, 1.807) is 0 Å². The van der Waals surface area contributed by atoms with Crippen LogP contribution in [0.25, 0.3) is 106 Å². The van der Waals surface area contributed by atoms with E-state index in [9.17, 15) is 0 Å². The van der Waals surface area contributed by atoms with Gasteiger partial charge in [0.1, 0.15) is 11.2 Å². The molecule has 0 amide bonds. The molecule has 1 aliphatic carbocycles. The van der Waals surface area contributed by atoms with Crippen molar-refractivity contribution in [3.63, 3.8) is 0 Å². The van der Waals surface area contributed by atoms with Gasteiger partial charge in [-0.25, -0.2) is 15.0 Å². The van der Waals surface area contributed by atoms with Crippen molar-refractivity contribution in [2.75, 3.05) is 0 Å². The van der Waals surface area contributed by atoms with E-state index in [0.717, 1.165) is 78.8 Å². The van der Waals surface area contributed by atoms with Crippen molar-refractivity contribution in [3.05, 3.63) is 169 Å². The molecule has 53 heavy (non-hydrogen) atoms. The highest BCUT2D eigenvalue weighted by molar-refractivity contribution is 6.16. The number of allylic oxidation sites excluding steroid dienone is 1. The lowest BCUT2D eigenvalue weighted by atomic mass is 9.91.